The molecule has 2 aliphatic heterocycles. The van der Waals surface area contributed by atoms with Gasteiger partial charge in [-0.25, -0.2) is 19.6 Å². The van der Waals surface area contributed by atoms with Crippen molar-refractivity contribution in [3.05, 3.63) is 106 Å². The lowest BCUT2D eigenvalue weighted by molar-refractivity contribution is 0.0218. The van der Waals surface area contributed by atoms with Crippen molar-refractivity contribution in [1.29, 1.82) is 0 Å². The number of ether oxygens (including phenoxy) is 2. The Morgan fingerprint density at radius 1 is 0.717 bits per heavy atom. The van der Waals surface area contributed by atoms with Crippen LogP contribution in [0.1, 0.15) is 98.3 Å². The number of carbonyl (C=O) groups is 2. The Bertz CT molecular complexity index is 2200. The molecule has 10 heteroatoms. The Labute approximate surface area is 309 Å². The van der Waals surface area contributed by atoms with E-state index in [1.54, 1.807) is 0 Å². The van der Waals surface area contributed by atoms with E-state index in [9.17, 15) is 9.59 Å². The Balaban J connectivity index is 0.921. The summed E-state index contributed by atoms with van der Waals surface area (Å²) < 4.78 is 11.4. The number of H-pyrrole nitrogens is 2. The van der Waals surface area contributed by atoms with E-state index in [0.29, 0.717) is 13.1 Å². The Kier molecular flexibility index (Phi) is 8.35. The topological polar surface area (TPSA) is 116 Å². The van der Waals surface area contributed by atoms with Crippen LogP contribution in [-0.2, 0) is 41.8 Å². The van der Waals surface area contributed by atoms with Crippen LogP contribution in [0.5, 0.6) is 0 Å². The van der Waals surface area contributed by atoms with Gasteiger partial charge in [0.1, 0.15) is 23.9 Å². The maximum absolute atomic E-state index is 13.1. The molecule has 272 valence electrons. The monoisotopic (exact) mass is 710 g/mol. The number of carbonyl (C=O) groups excluding carboxylic acids is 2. The van der Waals surface area contributed by atoms with Gasteiger partial charge in [0.15, 0.2) is 0 Å². The molecule has 2 aromatic heterocycles. The van der Waals surface area contributed by atoms with Gasteiger partial charge in [-0.1, -0.05) is 66.7 Å². The molecule has 0 saturated carbocycles. The summed E-state index contributed by atoms with van der Waals surface area (Å²) in [5.74, 6) is 1.71. The van der Waals surface area contributed by atoms with E-state index in [-0.39, 0.29) is 30.9 Å². The van der Waals surface area contributed by atoms with Crippen LogP contribution in [0.15, 0.2) is 66.7 Å². The van der Waals surface area contributed by atoms with Gasteiger partial charge in [-0.05, 0) is 100.0 Å². The van der Waals surface area contributed by atoms with Crippen LogP contribution < -0.4 is 0 Å². The molecular formula is C43H46N6O4. The van der Waals surface area contributed by atoms with Crippen LogP contribution in [0.25, 0.3) is 33.6 Å². The molecule has 0 bridgehead atoms. The number of aromatic amines is 2. The third-order valence-electron chi connectivity index (χ3n) is 11.1. The zero-order valence-corrected chi connectivity index (χ0v) is 30.7. The second-order valence-corrected chi connectivity index (χ2v) is 15.9. The minimum atomic E-state index is -0.536. The maximum Gasteiger partial charge on any atom is 0.410 e. The molecule has 4 aliphatic rings. The number of nitrogens with zero attached hydrogens (tertiary/aromatic N) is 4. The van der Waals surface area contributed by atoms with Crippen molar-refractivity contribution in [2.24, 2.45) is 0 Å². The molecule has 53 heavy (non-hydrogen) atoms. The maximum atomic E-state index is 13.1. The van der Waals surface area contributed by atoms with Gasteiger partial charge in [0.05, 0.1) is 23.5 Å². The van der Waals surface area contributed by atoms with Crippen LogP contribution in [-0.4, -0.2) is 60.6 Å². The van der Waals surface area contributed by atoms with Gasteiger partial charge >= 0.3 is 12.2 Å². The lowest BCUT2D eigenvalue weighted by atomic mass is 9.87. The Morgan fingerprint density at radius 3 is 1.77 bits per heavy atom. The lowest BCUT2D eigenvalue weighted by Crippen LogP contribution is -2.36. The van der Waals surface area contributed by atoms with Gasteiger partial charge < -0.3 is 19.4 Å². The number of fused-ring (bicyclic) bond motifs is 6. The van der Waals surface area contributed by atoms with E-state index >= 15 is 0 Å². The summed E-state index contributed by atoms with van der Waals surface area (Å²) in [5, 5.41) is 0. The number of imidazole rings is 2. The van der Waals surface area contributed by atoms with Crippen LogP contribution in [0.3, 0.4) is 0 Å². The zero-order valence-electron chi connectivity index (χ0n) is 30.7. The summed E-state index contributed by atoms with van der Waals surface area (Å²) in [6.07, 6.45) is 6.66. The fraction of sp³-hybridized carbons (Fsp3) is 0.395. The summed E-state index contributed by atoms with van der Waals surface area (Å²) in [7, 11) is 0. The van der Waals surface area contributed by atoms with Gasteiger partial charge in [-0.15, -0.1) is 0 Å². The highest BCUT2D eigenvalue weighted by Crippen LogP contribution is 2.41. The van der Waals surface area contributed by atoms with E-state index in [2.05, 4.69) is 46.4 Å². The van der Waals surface area contributed by atoms with Crippen molar-refractivity contribution in [3.63, 3.8) is 0 Å². The van der Waals surface area contributed by atoms with Crippen molar-refractivity contribution in [2.75, 3.05) is 13.1 Å². The fourth-order valence-corrected chi connectivity index (χ4v) is 8.59. The third-order valence-corrected chi connectivity index (χ3v) is 11.1. The van der Waals surface area contributed by atoms with E-state index in [1.807, 2.05) is 60.9 Å². The van der Waals surface area contributed by atoms with E-state index in [0.717, 1.165) is 102 Å². The van der Waals surface area contributed by atoms with Crippen molar-refractivity contribution in [2.45, 2.75) is 96.4 Å². The number of aromatic nitrogens is 4. The first-order chi connectivity index (χ1) is 25.7. The second-order valence-electron chi connectivity index (χ2n) is 15.9. The van der Waals surface area contributed by atoms with Crippen LogP contribution in [0.4, 0.5) is 9.59 Å². The molecule has 3 aromatic carbocycles. The van der Waals surface area contributed by atoms with Gasteiger partial charge in [0.25, 0.3) is 0 Å². The molecule has 5 aromatic rings. The van der Waals surface area contributed by atoms with E-state index in [4.69, 9.17) is 19.4 Å². The van der Waals surface area contributed by atoms with E-state index < -0.39 is 5.60 Å². The first-order valence-electron chi connectivity index (χ1n) is 19.1. The first-order valence-corrected chi connectivity index (χ1v) is 19.1. The quantitative estimate of drug-likeness (QED) is 0.188. The second kappa shape index (κ2) is 13.2. The van der Waals surface area contributed by atoms with Gasteiger partial charge in [-0.3, -0.25) is 9.80 Å². The molecule has 0 spiro atoms. The third kappa shape index (κ3) is 6.38. The minimum Gasteiger partial charge on any atom is -0.445 e. The van der Waals surface area contributed by atoms with Crippen molar-refractivity contribution < 1.29 is 19.1 Å². The van der Waals surface area contributed by atoms with E-state index in [1.165, 1.54) is 22.3 Å². The number of aryl methyl sites for hydroxylation is 4. The number of benzene rings is 3. The molecule has 2 fully saturated rings. The number of hydrogen-bond donors (Lipinski definition) is 2. The number of likely N-dealkylation sites (tertiary alicyclic amines) is 2. The molecule has 10 nitrogen and oxygen atoms in total. The summed E-state index contributed by atoms with van der Waals surface area (Å²) in [6.45, 7) is 7.32. The number of amides is 2. The fourth-order valence-electron chi connectivity index (χ4n) is 8.59. The summed E-state index contributed by atoms with van der Waals surface area (Å²) >= 11 is 0. The molecule has 2 N–H and O–H groups in total. The SMILES string of the molecule is CC(C)(C)OC(=O)N1CCC[C@H]1c1nc2c([nH]1)CCc1cc(-c3ccc4c(c3)CCc3[nH]c([C@@H]5CCCN5C(=O)OCc5ccccc5)nc3-4)ccc1-2. The van der Waals surface area contributed by atoms with Crippen molar-refractivity contribution in [1.82, 2.24) is 29.7 Å². The highest BCUT2D eigenvalue weighted by Gasteiger charge is 2.37. The average Bonchev–Trinajstić information content (AvgIpc) is 3.98. The van der Waals surface area contributed by atoms with Gasteiger partial charge in [-0.2, -0.15) is 0 Å². The molecule has 4 heterocycles. The van der Waals surface area contributed by atoms with Crippen LogP contribution in [0, 0.1) is 0 Å². The highest BCUT2D eigenvalue weighted by molar-refractivity contribution is 5.78. The van der Waals surface area contributed by atoms with Crippen LogP contribution in [0.2, 0.25) is 0 Å². The first kappa shape index (κ1) is 33.5. The van der Waals surface area contributed by atoms with Gasteiger partial charge in [0.2, 0.25) is 0 Å². The predicted octanol–water partition coefficient (Wildman–Crippen LogP) is 8.88. The van der Waals surface area contributed by atoms with Crippen LogP contribution >= 0.6 is 0 Å². The smallest absolute Gasteiger partial charge is 0.410 e. The normalized spacial score (nSPS) is 19.0. The molecule has 2 amide bonds. The van der Waals surface area contributed by atoms with Crippen molar-refractivity contribution >= 4 is 12.2 Å². The largest absolute Gasteiger partial charge is 0.445 e. The molecule has 2 atom stereocenters. The summed E-state index contributed by atoms with van der Waals surface area (Å²) in [4.78, 5) is 47.2. The predicted molar refractivity (Wildman–Crippen MR) is 202 cm³/mol. The standard InChI is InChI=1S/C43H46N6O4/c1-43(2,3)53-42(51)49-22-8-12-36(49)40-45-34-20-16-30-24-28(14-18-32(30)38(34)47-40)27-13-17-31-29(23-27)15-19-33-37(31)46-39(44-33)35-11-7-21-48(35)41(50)52-25-26-9-5-4-6-10-26/h4-6,9-10,13-14,17-18,23-24,35-36H,7-8,11-12,15-16,19-22,25H2,1-3H3,(H,44,46)(H,45,47)/t35-,36-/m0/s1. The molecule has 0 radical (unpaired) electrons. The Morgan fingerprint density at radius 2 is 1.25 bits per heavy atom. The minimum absolute atomic E-state index is 0.0988. The van der Waals surface area contributed by atoms with Crippen molar-refractivity contribution in [3.8, 4) is 33.6 Å². The lowest BCUT2D eigenvalue weighted by Gasteiger charge is -2.27. The number of hydrogen-bond acceptors (Lipinski definition) is 6. The summed E-state index contributed by atoms with van der Waals surface area (Å²) in [5.41, 5.74) is 12.0. The Hall–Kier alpha value is -5.38. The molecule has 2 aliphatic carbocycles. The average molecular weight is 711 g/mol. The molecular weight excluding hydrogens is 665 g/mol. The number of nitrogens with one attached hydrogen (secondary N) is 2. The highest BCUT2D eigenvalue weighted by atomic mass is 16.6. The summed E-state index contributed by atoms with van der Waals surface area (Å²) in [6, 6.07) is 23.1. The van der Waals surface area contributed by atoms with Gasteiger partial charge in [0, 0.05) is 35.6 Å². The molecule has 2 saturated heterocycles. The molecule has 9 rings (SSSR count). The zero-order chi connectivity index (χ0) is 36.3. The number of rotatable bonds is 5. The molecule has 0 unspecified atom stereocenters.